The molecule has 0 fully saturated rings. The van der Waals surface area contributed by atoms with Crippen molar-refractivity contribution in [3.63, 3.8) is 0 Å². The molecular weight excluding hydrogens is 256 g/mol. The van der Waals surface area contributed by atoms with Crippen molar-refractivity contribution in [1.82, 2.24) is 0 Å². The van der Waals surface area contributed by atoms with Gasteiger partial charge >= 0.3 is 5.97 Å². The maximum Gasteiger partial charge on any atom is 0.340 e. The van der Waals surface area contributed by atoms with Gasteiger partial charge < -0.3 is 10.2 Å². The average molecular weight is 286 g/mol. The summed E-state index contributed by atoms with van der Waals surface area (Å²) in [5.74, 6) is -2.02. The molecule has 0 aromatic heterocycles. The first-order valence-corrected chi connectivity index (χ1v) is 8.03. The summed E-state index contributed by atoms with van der Waals surface area (Å²) < 4.78 is 0. The number of carboxylic acids is 1. The molecule has 1 unspecified atom stereocenters. The van der Waals surface area contributed by atoms with E-state index in [-0.39, 0.29) is 6.42 Å². The maximum absolute atomic E-state index is 11.2. The summed E-state index contributed by atoms with van der Waals surface area (Å²) in [5, 5.41) is 17.5. The number of hydrogen-bond donors (Lipinski definition) is 2. The molecule has 0 aliphatic carbocycles. The summed E-state index contributed by atoms with van der Waals surface area (Å²) >= 11 is 0. The summed E-state index contributed by atoms with van der Waals surface area (Å²) in [6.45, 7) is 2.22. The Balaban J connectivity index is 3.24. The molecule has 2 N–H and O–H groups in total. The van der Waals surface area contributed by atoms with Crippen LogP contribution >= 0.6 is 0 Å². The van der Waals surface area contributed by atoms with E-state index in [1.54, 1.807) is 0 Å². The fourth-order valence-electron chi connectivity index (χ4n) is 2.24. The van der Waals surface area contributed by atoms with Crippen LogP contribution in [0.3, 0.4) is 0 Å². The van der Waals surface area contributed by atoms with Crippen LogP contribution in [0.2, 0.25) is 0 Å². The van der Waals surface area contributed by atoms with Gasteiger partial charge in [-0.05, 0) is 6.42 Å². The Hall–Kier alpha value is -0.900. The van der Waals surface area contributed by atoms with Crippen LogP contribution in [0.1, 0.15) is 84.0 Å². The Morgan fingerprint density at radius 2 is 1.20 bits per heavy atom. The third-order valence-electron chi connectivity index (χ3n) is 3.57. The van der Waals surface area contributed by atoms with Crippen LogP contribution in [-0.2, 0) is 9.59 Å². The molecule has 0 saturated carbocycles. The van der Waals surface area contributed by atoms with Gasteiger partial charge in [0.25, 0.3) is 0 Å². The molecule has 0 bridgehead atoms. The smallest absolute Gasteiger partial charge is 0.340 e. The second-order valence-electron chi connectivity index (χ2n) is 5.49. The molecule has 0 amide bonds. The van der Waals surface area contributed by atoms with Crippen molar-refractivity contribution in [2.45, 2.75) is 90.1 Å². The Morgan fingerprint density at radius 1 is 0.800 bits per heavy atom. The van der Waals surface area contributed by atoms with Crippen LogP contribution in [0.15, 0.2) is 0 Å². The zero-order valence-corrected chi connectivity index (χ0v) is 12.8. The van der Waals surface area contributed by atoms with E-state index in [2.05, 4.69) is 6.92 Å². The minimum Gasteiger partial charge on any atom is -0.479 e. The van der Waals surface area contributed by atoms with Crippen molar-refractivity contribution in [3.05, 3.63) is 0 Å². The highest BCUT2D eigenvalue weighted by molar-refractivity contribution is 6.00. The van der Waals surface area contributed by atoms with Gasteiger partial charge in [-0.3, -0.25) is 4.79 Å². The van der Waals surface area contributed by atoms with Crippen molar-refractivity contribution in [2.24, 2.45) is 0 Å². The van der Waals surface area contributed by atoms with Gasteiger partial charge in [0, 0.05) is 6.42 Å². The minimum atomic E-state index is -1.84. The zero-order chi connectivity index (χ0) is 15.2. The van der Waals surface area contributed by atoms with Gasteiger partial charge in [-0.15, -0.1) is 0 Å². The number of aliphatic hydroxyl groups is 1. The van der Waals surface area contributed by atoms with E-state index in [4.69, 9.17) is 10.2 Å². The SMILES string of the molecule is CCCCCCCCCCCCCC(=O)C(O)C(=O)O. The maximum atomic E-state index is 11.2. The molecule has 0 heterocycles. The third kappa shape index (κ3) is 11.0. The summed E-state index contributed by atoms with van der Waals surface area (Å²) in [5.41, 5.74) is 0. The van der Waals surface area contributed by atoms with E-state index < -0.39 is 17.9 Å². The standard InChI is InChI=1S/C16H30O4/c1-2-3-4-5-6-7-8-9-10-11-12-13-14(17)15(18)16(19)20/h15,18H,2-13H2,1H3,(H,19,20). The molecule has 0 saturated heterocycles. The van der Waals surface area contributed by atoms with Crippen LogP contribution in [0.5, 0.6) is 0 Å². The van der Waals surface area contributed by atoms with Gasteiger partial charge in [-0.2, -0.15) is 0 Å². The van der Waals surface area contributed by atoms with Gasteiger partial charge in [-0.1, -0.05) is 71.1 Å². The topological polar surface area (TPSA) is 74.6 Å². The molecule has 0 aromatic rings. The van der Waals surface area contributed by atoms with Crippen molar-refractivity contribution < 1.29 is 19.8 Å². The predicted octanol–water partition coefficient (Wildman–Crippen LogP) is 3.70. The normalized spacial score (nSPS) is 12.3. The molecule has 0 rings (SSSR count). The predicted molar refractivity (Wildman–Crippen MR) is 79.7 cm³/mol. The highest BCUT2D eigenvalue weighted by Crippen LogP contribution is 2.12. The molecule has 0 aliphatic rings. The number of aliphatic hydroxyl groups excluding tert-OH is 1. The fourth-order valence-corrected chi connectivity index (χ4v) is 2.24. The quantitative estimate of drug-likeness (QED) is 0.377. The monoisotopic (exact) mass is 286 g/mol. The lowest BCUT2D eigenvalue weighted by Crippen LogP contribution is -2.29. The summed E-state index contributed by atoms with van der Waals surface area (Å²) in [4.78, 5) is 21.6. The zero-order valence-electron chi connectivity index (χ0n) is 12.8. The van der Waals surface area contributed by atoms with Crippen LogP contribution < -0.4 is 0 Å². The molecule has 4 heteroatoms. The summed E-state index contributed by atoms with van der Waals surface area (Å²) in [7, 11) is 0. The number of carbonyl (C=O) groups is 2. The van der Waals surface area contributed by atoms with Gasteiger partial charge in [0.1, 0.15) is 0 Å². The lowest BCUT2D eigenvalue weighted by atomic mass is 10.0. The molecule has 0 spiro atoms. The van der Waals surface area contributed by atoms with Crippen molar-refractivity contribution >= 4 is 11.8 Å². The lowest BCUT2D eigenvalue weighted by Gasteiger charge is -2.04. The Bertz CT molecular complexity index is 263. The molecule has 0 radical (unpaired) electrons. The number of Topliss-reactive ketones (excluding diaryl/α,β-unsaturated/α-hetero) is 1. The number of ketones is 1. The second kappa shape index (κ2) is 13.1. The van der Waals surface area contributed by atoms with Crippen molar-refractivity contribution in [3.8, 4) is 0 Å². The highest BCUT2D eigenvalue weighted by Gasteiger charge is 2.21. The number of carbonyl (C=O) groups excluding carboxylic acids is 1. The molecule has 118 valence electrons. The number of carboxylic acid groups (broad SMARTS) is 1. The van der Waals surface area contributed by atoms with Gasteiger partial charge in [0.15, 0.2) is 5.78 Å². The first kappa shape index (κ1) is 19.1. The van der Waals surface area contributed by atoms with E-state index in [0.29, 0.717) is 6.42 Å². The van der Waals surface area contributed by atoms with Crippen LogP contribution in [0.4, 0.5) is 0 Å². The van der Waals surface area contributed by atoms with Crippen LogP contribution in [-0.4, -0.2) is 28.1 Å². The van der Waals surface area contributed by atoms with Gasteiger partial charge in [0.2, 0.25) is 6.10 Å². The summed E-state index contributed by atoms with van der Waals surface area (Å²) in [6.07, 6.45) is 11.4. The number of unbranched alkanes of at least 4 members (excludes halogenated alkanes) is 10. The number of hydrogen-bond acceptors (Lipinski definition) is 3. The van der Waals surface area contributed by atoms with Crippen LogP contribution in [0.25, 0.3) is 0 Å². The molecule has 4 nitrogen and oxygen atoms in total. The van der Waals surface area contributed by atoms with E-state index in [1.165, 1.54) is 51.4 Å². The van der Waals surface area contributed by atoms with Gasteiger partial charge in [0.05, 0.1) is 0 Å². The molecule has 1 atom stereocenters. The first-order chi connectivity index (χ1) is 9.59. The fraction of sp³-hybridized carbons (Fsp3) is 0.875. The Kier molecular flexibility index (Phi) is 12.5. The van der Waals surface area contributed by atoms with Crippen LogP contribution in [0, 0.1) is 0 Å². The Labute approximate surface area is 122 Å². The van der Waals surface area contributed by atoms with E-state index in [0.717, 1.165) is 12.8 Å². The lowest BCUT2D eigenvalue weighted by molar-refractivity contribution is -0.152. The van der Waals surface area contributed by atoms with Crippen molar-refractivity contribution in [1.29, 1.82) is 0 Å². The molecule has 20 heavy (non-hydrogen) atoms. The molecular formula is C16H30O4. The Morgan fingerprint density at radius 3 is 1.60 bits per heavy atom. The van der Waals surface area contributed by atoms with E-state index >= 15 is 0 Å². The number of rotatable bonds is 14. The number of aliphatic carboxylic acids is 1. The molecule has 0 aromatic carbocycles. The second-order valence-corrected chi connectivity index (χ2v) is 5.49. The van der Waals surface area contributed by atoms with Gasteiger partial charge in [-0.25, -0.2) is 4.79 Å². The molecule has 0 aliphatic heterocycles. The summed E-state index contributed by atoms with van der Waals surface area (Å²) in [6, 6.07) is 0. The largest absolute Gasteiger partial charge is 0.479 e. The van der Waals surface area contributed by atoms with E-state index in [9.17, 15) is 9.59 Å². The highest BCUT2D eigenvalue weighted by atomic mass is 16.4. The van der Waals surface area contributed by atoms with E-state index in [1.807, 2.05) is 0 Å². The average Bonchev–Trinajstić information content (AvgIpc) is 2.43. The van der Waals surface area contributed by atoms with Crippen molar-refractivity contribution in [2.75, 3.05) is 0 Å². The third-order valence-corrected chi connectivity index (χ3v) is 3.57. The first-order valence-electron chi connectivity index (χ1n) is 8.03. The minimum absolute atomic E-state index is 0.171.